The third-order valence-corrected chi connectivity index (χ3v) is 4.67. The van der Waals surface area contributed by atoms with Crippen molar-refractivity contribution in [1.29, 1.82) is 0 Å². The highest BCUT2D eigenvalue weighted by Gasteiger charge is 2.49. The Bertz CT molecular complexity index is 391. The summed E-state index contributed by atoms with van der Waals surface area (Å²) in [6, 6.07) is -0.413. The monoisotopic (exact) mass is 282 g/mol. The molecule has 114 valence electrons. The molecular weight excluding hydrogens is 256 g/mol. The topological polar surface area (TPSA) is 58.6 Å². The van der Waals surface area contributed by atoms with E-state index >= 15 is 0 Å². The van der Waals surface area contributed by atoms with Crippen molar-refractivity contribution < 1.29 is 14.3 Å². The fourth-order valence-corrected chi connectivity index (χ4v) is 2.98. The first-order valence-corrected chi connectivity index (χ1v) is 7.64. The van der Waals surface area contributed by atoms with E-state index in [9.17, 15) is 9.59 Å². The molecule has 3 atom stereocenters. The standard InChI is InChI=1S/C15H26N2O3/c1-5-15(4)14(19)16-12(10(2)3)13(18)17(15)9-11-7-6-8-20-11/h10-12H,5-9H2,1-4H3,(H,16,19). The van der Waals surface area contributed by atoms with Gasteiger partial charge in [-0.3, -0.25) is 9.59 Å². The summed E-state index contributed by atoms with van der Waals surface area (Å²) in [5.41, 5.74) is -0.756. The lowest BCUT2D eigenvalue weighted by Gasteiger charge is -2.47. The van der Waals surface area contributed by atoms with Gasteiger partial charge in [0, 0.05) is 13.2 Å². The summed E-state index contributed by atoms with van der Waals surface area (Å²) >= 11 is 0. The van der Waals surface area contributed by atoms with Gasteiger partial charge in [0.1, 0.15) is 11.6 Å². The number of piperazine rings is 1. The van der Waals surface area contributed by atoms with Gasteiger partial charge in [0.25, 0.3) is 0 Å². The molecular formula is C15H26N2O3. The molecule has 0 aliphatic carbocycles. The van der Waals surface area contributed by atoms with Crippen LogP contribution in [0.1, 0.15) is 47.0 Å². The molecule has 3 unspecified atom stereocenters. The van der Waals surface area contributed by atoms with Crippen molar-refractivity contribution in [2.75, 3.05) is 13.2 Å². The first-order chi connectivity index (χ1) is 9.40. The highest BCUT2D eigenvalue weighted by molar-refractivity contribution is 5.99. The minimum absolute atomic E-state index is 0.0273. The Morgan fingerprint density at radius 3 is 2.65 bits per heavy atom. The molecule has 5 nitrogen and oxygen atoms in total. The molecule has 2 aliphatic heterocycles. The molecule has 5 heteroatoms. The van der Waals surface area contributed by atoms with Gasteiger partial charge in [-0.05, 0) is 32.1 Å². The number of amides is 2. The number of carbonyl (C=O) groups is 2. The number of nitrogens with one attached hydrogen (secondary N) is 1. The predicted molar refractivity (Wildman–Crippen MR) is 76.2 cm³/mol. The third kappa shape index (κ3) is 2.55. The quantitative estimate of drug-likeness (QED) is 0.846. The smallest absolute Gasteiger partial charge is 0.246 e. The van der Waals surface area contributed by atoms with Gasteiger partial charge in [-0.25, -0.2) is 0 Å². The first-order valence-electron chi connectivity index (χ1n) is 7.64. The van der Waals surface area contributed by atoms with E-state index in [1.165, 1.54) is 0 Å². The summed E-state index contributed by atoms with van der Waals surface area (Å²) in [4.78, 5) is 26.9. The van der Waals surface area contributed by atoms with Crippen molar-refractivity contribution in [3.63, 3.8) is 0 Å². The number of nitrogens with zero attached hydrogens (tertiary/aromatic N) is 1. The van der Waals surface area contributed by atoms with Crippen LogP contribution in [0.5, 0.6) is 0 Å². The van der Waals surface area contributed by atoms with Crippen LogP contribution in [-0.2, 0) is 14.3 Å². The summed E-state index contributed by atoms with van der Waals surface area (Å²) in [7, 11) is 0. The van der Waals surface area contributed by atoms with E-state index in [0.717, 1.165) is 19.4 Å². The molecule has 2 rings (SSSR count). The Hall–Kier alpha value is -1.10. The summed E-state index contributed by atoms with van der Waals surface area (Å²) in [6.45, 7) is 9.01. The molecule has 2 aliphatic rings. The largest absolute Gasteiger partial charge is 0.376 e. The van der Waals surface area contributed by atoms with E-state index < -0.39 is 11.6 Å². The van der Waals surface area contributed by atoms with Gasteiger partial charge in [-0.15, -0.1) is 0 Å². The SMILES string of the molecule is CCC1(C)C(=O)NC(C(C)C)C(=O)N1CC1CCCO1. The maximum atomic E-state index is 12.7. The van der Waals surface area contributed by atoms with E-state index in [0.29, 0.717) is 13.0 Å². The number of rotatable bonds is 4. The summed E-state index contributed by atoms with van der Waals surface area (Å²) in [5, 5.41) is 2.89. The van der Waals surface area contributed by atoms with Crippen LogP contribution in [0.3, 0.4) is 0 Å². The molecule has 0 bridgehead atoms. The van der Waals surface area contributed by atoms with Crippen molar-refractivity contribution in [2.45, 2.75) is 64.6 Å². The lowest BCUT2D eigenvalue weighted by molar-refractivity contribution is -0.160. The van der Waals surface area contributed by atoms with Crippen molar-refractivity contribution in [3.05, 3.63) is 0 Å². The maximum absolute atomic E-state index is 12.7. The summed E-state index contributed by atoms with van der Waals surface area (Å²) in [6.07, 6.45) is 2.69. The molecule has 2 heterocycles. The molecule has 0 spiro atoms. The number of hydrogen-bond acceptors (Lipinski definition) is 3. The van der Waals surface area contributed by atoms with Crippen LogP contribution in [0.4, 0.5) is 0 Å². The van der Waals surface area contributed by atoms with Gasteiger partial charge in [0.15, 0.2) is 0 Å². The summed E-state index contributed by atoms with van der Waals surface area (Å²) < 4.78 is 5.65. The van der Waals surface area contributed by atoms with E-state index in [1.807, 2.05) is 27.7 Å². The number of ether oxygens (including phenoxy) is 1. The van der Waals surface area contributed by atoms with E-state index in [1.54, 1.807) is 4.90 Å². The maximum Gasteiger partial charge on any atom is 0.246 e. The second-order valence-corrected chi connectivity index (χ2v) is 6.41. The highest BCUT2D eigenvalue weighted by Crippen LogP contribution is 2.29. The van der Waals surface area contributed by atoms with Crippen molar-refractivity contribution in [3.8, 4) is 0 Å². The Morgan fingerprint density at radius 1 is 1.45 bits per heavy atom. The van der Waals surface area contributed by atoms with Gasteiger partial charge in [-0.2, -0.15) is 0 Å². The van der Waals surface area contributed by atoms with Crippen LogP contribution in [0.25, 0.3) is 0 Å². The zero-order valence-corrected chi connectivity index (χ0v) is 12.9. The Labute approximate surface area is 121 Å². The van der Waals surface area contributed by atoms with Gasteiger partial charge in [-0.1, -0.05) is 20.8 Å². The number of hydrogen-bond donors (Lipinski definition) is 1. The van der Waals surface area contributed by atoms with Crippen molar-refractivity contribution in [1.82, 2.24) is 10.2 Å². The molecule has 0 saturated carbocycles. The average Bonchev–Trinajstić information content (AvgIpc) is 2.91. The van der Waals surface area contributed by atoms with E-state index in [2.05, 4.69) is 5.32 Å². The van der Waals surface area contributed by atoms with Gasteiger partial charge >= 0.3 is 0 Å². The fourth-order valence-electron chi connectivity index (χ4n) is 2.98. The van der Waals surface area contributed by atoms with Crippen LogP contribution in [0.15, 0.2) is 0 Å². The first kappa shape index (κ1) is 15.3. The molecule has 20 heavy (non-hydrogen) atoms. The molecule has 0 radical (unpaired) electrons. The van der Waals surface area contributed by atoms with Crippen LogP contribution in [-0.4, -0.2) is 47.6 Å². The molecule has 2 fully saturated rings. The third-order valence-electron chi connectivity index (χ3n) is 4.67. The summed E-state index contributed by atoms with van der Waals surface area (Å²) in [5.74, 6) is 0.0793. The minimum Gasteiger partial charge on any atom is -0.376 e. The zero-order valence-electron chi connectivity index (χ0n) is 12.9. The highest BCUT2D eigenvalue weighted by atomic mass is 16.5. The number of carbonyl (C=O) groups excluding carboxylic acids is 2. The van der Waals surface area contributed by atoms with Gasteiger partial charge < -0.3 is 15.0 Å². The van der Waals surface area contributed by atoms with Crippen LogP contribution >= 0.6 is 0 Å². The van der Waals surface area contributed by atoms with Crippen LogP contribution < -0.4 is 5.32 Å². The Morgan fingerprint density at radius 2 is 2.15 bits per heavy atom. The second-order valence-electron chi connectivity index (χ2n) is 6.41. The van der Waals surface area contributed by atoms with Gasteiger partial charge in [0.05, 0.1) is 6.10 Å². The molecule has 2 amide bonds. The van der Waals surface area contributed by atoms with E-state index in [-0.39, 0.29) is 23.8 Å². The van der Waals surface area contributed by atoms with Crippen LogP contribution in [0, 0.1) is 5.92 Å². The van der Waals surface area contributed by atoms with Crippen molar-refractivity contribution in [2.24, 2.45) is 5.92 Å². The lowest BCUT2D eigenvalue weighted by Crippen LogP contribution is -2.71. The molecule has 2 saturated heterocycles. The molecule has 0 aromatic heterocycles. The normalized spacial score (nSPS) is 34.8. The fraction of sp³-hybridized carbons (Fsp3) is 0.867. The lowest BCUT2D eigenvalue weighted by atomic mass is 9.87. The second kappa shape index (κ2) is 5.72. The van der Waals surface area contributed by atoms with E-state index in [4.69, 9.17) is 4.74 Å². The van der Waals surface area contributed by atoms with Crippen molar-refractivity contribution >= 4 is 11.8 Å². The minimum atomic E-state index is -0.756. The molecule has 0 aromatic rings. The Kier molecular flexibility index (Phi) is 4.37. The Balaban J connectivity index is 2.24. The zero-order chi connectivity index (χ0) is 14.9. The predicted octanol–water partition coefficient (Wildman–Crippen LogP) is 1.32. The van der Waals surface area contributed by atoms with Gasteiger partial charge in [0.2, 0.25) is 11.8 Å². The van der Waals surface area contributed by atoms with Crippen LogP contribution in [0.2, 0.25) is 0 Å². The molecule has 1 N–H and O–H groups in total. The molecule has 0 aromatic carbocycles. The average molecular weight is 282 g/mol.